The van der Waals surface area contributed by atoms with E-state index in [-0.39, 0.29) is 12.4 Å². The number of rotatable bonds is 2. The van der Waals surface area contributed by atoms with Crippen molar-refractivity contribution in [3.05, 3.63) is 0 Å². The third kappa shape index (κ3) is 2.83. The van der Waals surface area contributed by atoms with Gasteiger partial charge < -0.3 is 10.2 Å². The highest BCUT2D eigenvalue weighted by Gasteiger charge is 2.22. The fraction of sp³-hybridized carbons (Fsp3) is 0.889. The summed E-state index contributed by atoms with van der Waals surface area (Å²) in [5, 5.41) is 3.28. The standard InChI is InChI=1S/C9H17N3O.ClH/c13-9(12-4-1-5-12)8-11-6-2-10-3-7-11;/h10H,1-8H2;1H. The van der Waals surface area contributed by atoms with Crippen LogP contribution in [0.5, 0.6) is 0 Å². The smallest absolute Gasteiger partial charge is 0.236 e. The highest BCUT2D eigenvalue weighted by atomic mass is 35.5. The van der Waals surface area contributed by atoms with E-state index in [0.29, 0.717) is 12.5 Å². The van der Waals surface area contributed by atoms with Gasteiger partial charge in [0.15, 0.2) is 0 Å². The zero-order valence-electron chi connectivity index (χ0n) is 8.37. The van der Waals surface area contributed by atoms with Gasteiger partial charge in [-0.1, -0.05) is 0 Å². The lowest BCUT2D eigenvalue weighted by Crippen LogP contribution is -2.51. The molecule has 0 saturated carbocycles. The summed E-state index contributed by atoms with van der Waals surface area (Å²) in [5.41, 5.74) is 0. The first kappa shape index (κ1) is 11.8. The molecule has 0 atom stereocenters. The minimum Gasteiger partial charge on any atom is -0.341 e. The SMILES string of the molecule is Cl.O=C(CN1CCNCC1)N1CCC1. The van der Waals surface area contributed by atoms with Crippen LogP contribution in [0.1, 0.15) is 6.42 Å². The van der Waals surface area contributed by atoms with Gasteiger partial charge in [0.1, 0.15) is 0 Å². The van der Waals surface area contributed by atoms with Crippen LogP contribution in [0.3, 0.4) is 0 Å². The molecule has 2 heterocycles. The number of piperazine rings is 1. The Balaban J connectivity index is 0.000000980. The van der Waals surface area contributed by atoms with E-state index >= 15 is 0 Å². The zero-order chi connectivity index (χ0) is 9.10. The molecule has 0 bridgehead atoms. The van der Waals surface area contributed by atoms with Gasteiger partial charge in [-0.25, -0.2) is 0 Å². The van der Waals surface area contributed by atoms with Crippen molar-refractivity contribution in [1.29, 1.82) is 0 Å². The topological polar surface area (TPSA) is 35.6 Å². The molecule has 4 nitrogen and oxygen atoms in total. The molecule has 1 amide bonds. The Morgan fingerprint density at radius 1 is 1.14 bits per heavy atom. The number of hydrogen-bond acceptors (Lipinski definition) is 3. The van der Waals surface area contributed by atoms with Gasteiger partial charge in [-0.05, 0) is 6.42 Å². The zero-order valence-corrected chi connectivity index (χ0v) is 9.18. The molecule has 2 aliphatic rings. The lowest BCUT2D eigenvalue weighted by atomic mass is 10.2. The monoisotopic (exact) mass is 219 g/mol. The molecule has 82 valence electrons. The van der Waals surface area contributed by atoms with Gasteiger partial charge in [0.25, 0.3) is 0 Å². The first-order valence-corrected chi connectivity index (χ1v) is 5.07. The van der Waals surface area contributed by atoms with Gasteiger partial charge >= 0.3 is 0 Å². The molecule has 0 radical (unpaired) electrons. The highest BCUT2D eigenvalue weighted by Crippen LogP contribution is 2.06. The van der Waals surface area contributed by atoms with Crippen LogP contribution in [0.25, 0.3) is 0 Å². The number of carbonyl (C=O) groups is 1. The molecule has 2 aliphatic heterocycles. The third-order valence-corrected chi connectivity index (χ3v) is 2.78. The van der Waals surface area contributed by atoms with Crippen LogP contribution in [0.4, 0.5) is 0 Å². The summed E-state index contributed by atoms with van der Waals surface area (Å²) in [4.78, 5) is 15.7. The van der Waals surface area contributed by atoms with Crippen molar-refractivity contribution in [1.82, 2.24) is 15.1 Å². The number of hydrogen-bond donors (Lipinski definition) is 1. The average molecular weight is 220 g/mol. The Kier molecular flexibility index (Phi) is 4.65. The van der Waals surface area contributed by atoms with Crippen molar-refractivity contribution in [3.63, 3.8) is 0 Å². The second kappa shape index (κ2) is 5.53. The number of carbonyl (C=O) groups excluding carboxylic acids is 1. The lowest BCUT2D eigenvalue weighted by Gasteiger charge is -2.34. The van der Waals surface area contributed by atoms with Crippen LogP contribution in [-0.4, -0.2) is 61.5 Å². The van der Waals surface area contributed by atoms with Crippen LogP contribution < -0.4 is 5.32 Å². The maximum Gasteiger partial charge on any atom is 0.236 e. The quantitative estimate of drug-likeness (QED) is 0.683. The molecule has 2 fully saturated rings. The highest BCUT2D eigenvalue weighted by molar-refractivity contribution is 5.85. The van der Waals surface area contributed by atoms with E-state index in [1.54, 1.807) is 0 Å². The first-order chi connectivity index (χ1) is 6.36. The van der Waals surface area contributed by atoms with Crippen molar-refractivity contribution in [2.45, 2.75) is 6.42 Å². The summed E-state index contributed by atoms with van der Waals surface area (Å²) in [6, 6.07) is 0. The minimum atomic E-state index is 0. The molecular formula is C9H18ClN3O. The Hall–Kier alpha value is -0.320. The minimum absolute atomic E-state index is 0. The van der Waals surface area contributed by atoms with Crippen molar-refractivity contribution in [3.8, 4) is 0 Å². The summed E-state index contributed by atoms with van der Waals surface area (Å²) >= 11 is 0. The fourth-order valence-electron chi connectivity index (χ4n) is 1.73. The summed E-state index contributed by atoms with van der Waals surface area (Å²) in [5.74, 6) is 0.313. The van der Waals surface area contributed by atoms with Gasteiger partial charge in [0, 0.05) is 39.3 Å². The van der Waals surface area contributed by atoms with Gasteiger partial charge in [-0.2, -0.15) is 0 Å². The maximum absolute atomic E-state index is 11.6. The molecule has 2 saturated heterocycles. The Bertz CT molecular complexity index is 190. The molecule has 0 unspecified atom stereocenters. The van der Waals surface area contributed by atoms with Crippen LogP contribution >= 0.6 is 12.4 Å². The van der Waals surface area contributed by atoms with Gasteiger partial charge in [-0.15, -0.1) is 12.4 Å². The van der Waals surface area contributed by atoms with E-state index in [4.69, 9.17) is 0 Å². The number of likely N-dealkylation sites (tertiary alicyclic amines) is 1. The Morgan fingerprint density at radius 3 is 2.29 bits per heavy atom. The predicted molar refractivity (Wildman–Crippen MR) is 57.8 cm³/mol. The van der Waals surface area contributed by atoms with E-state index in [1.165, 1.54) is 6.42 Å². The maximum atomic E-state index is 11.6. The van der Waals surface area contributed by atoms with Crippen molar-refractivity contribution in [2.75, 3.05) is 45.8 Å². The number of halogens is 1. The molecule has 0 aromatic heterocycles. The van der Waals surface area contributed by atoms with Crippen LogP contribution in [0.15, 0.2) is 0 Å². The molecular weight excluding hydrogens is 202 g/mol. The molecule has 14 heavy (non-hydrogen) atoms. The molecule has 0 aromatic rings. The van der Waals surface area contributed by atoms with E-state index in [2.05, 4.69) is 10.2 Å². The van der Waals surface area contributed by atoms with Crippen molar-refractivity contribution < 1.29 is 4.79 Å². The fourth-order valence-corrected chi connectivity index (χ4v) is 1.73. The van der Waals surface area contributed by atoms with Crippen LogP contribution in [0, 0.1) is 0 Å². The van der Waals surface area contributed by atoms with Gasteiger partial charge in [0.05, 0.1) is 6.54 Å². The molecule has 5 heteroatoms. The normalized spacial score (nSPS) is 22.4. The van der Waals surface area contributed by atoms with Crippen molar-refractivity contribution >= 4 is 18.3 Å². The van der Waals surface area contributed by atoms with E-state index < -0.39 is 0 Å². The van der Waals surface area contributed by atoms with Gasteiger partial charge in [0.2, 0.25) is 5.91 Å². The second-order valence-electron chi connectivity index (χ2n) is 3.76. The van der Waals surface area contributed by atoms with Crippen LogP contribution in [-0.2, 0) is 4.79 Å². The lowest BCUT2D eigenvalue weighted by molar-refractivity contribution is -0.135. The molecule has 1 N–H and O–H groups in total. The molecule has 2 rings (SSSR count). The predicted octanol–water partition coefficient (Wildman–Crippen LogP) is -0.454. The van der Waals surface area contributed by atoms with E-state index in [1.807, 2.05) is 4.90 Å². The third-order valence-electron chi connectivity index (χ3n) is 2.78. The largest absolute Gasteiger partial charge is 0.341 e. The number of nitrogens with zero attached hydrogens (tertiary/aromatic N) is 2. The van der Waals surface area contributed by atoms with Gasteiger partial charge in [-0.3, -0.25) is 9.69 Å². The first-order valence-electron chi connectivity index (χ1n) is 5.07. The molecule has 0 aromatic carbocycles. The molecule has 0 spiro atoms. The number of amides is 1. The van der Waals surface area contributed by atoms with E-state index in [0.717, 1.165) is 39.3 Å². The second-order valence-corrected chi connectivity index (χ2v) is 3.76. The summed E-state index contributed by atoms with van der Waals surface area (Å²) in [6.07, 6.45) is 1.19. The van der Waals surface area contributed by atoms with E-state index in [9.17, 15) is 4.79 Å². The summed E-state index contributed by atoms with van der Waals surface area (Å²) in [6.45, 7) is 6.65. The Morgan fingerprint density at radius 2 is 1.79 bits per heavy atom. The van der Waals surface area contributed by atoms with Crippen molar-refractivity contribution in [2.24, 2.45) is 0 Å². The Labute approximate surface area is 91.0 Å². The van der Waals surface area contributed by atoms with Crippen LogP contribution in [0.2, 0.25) is 0 Å². The summed E-state index contributed by atoms with van der Waals surface area (Å²) < 4.78 is 0. The average Bonchev–Trinajstić information content (AvgIpc) is 2.02. The number of nitrogens with one attached hydrogen (secondary N) is 1. The molecule has 0 aliphatic carbocycles. The summed E-state index contributed by atoms with van der Waals surface area (Å²) in [7, 11) is 0.